The minimum Gasteiger partial charge on any atom is -0.357 e. The average molecular weight is 366 g/mol. The van der Waals surface area contributed by atoms with Crippen molar-refractivity contribution in [2.75, 3.05) is 12.4 Å². The fourth-order valence-corrected chi connectivity index (χ4v) is 3.44. The molecule has 0 aliphatic rings. The van der Waals surface area contributed by atoms with Crippen molar-refractivity contribution in [3.63, 3.8) is 0 Å². The first kappa shape index (κ1) is 14.5. The van der Waals surface area contributed by atoms with Gasteiger partial charge in [-0.3, -0.25) is 0 Å². The molecular weight excluding hydrogens is 350 g/mol. The van der Waals surface area contributed by atoms with Gasteiger partial charge in [0.1, 0.15) is 4.83 Å². The Hall–Kier alpha value is -1.47. The second-order valence-electron chi connectivity index (χ2n) is 4.80. The lowest BCUT2D eigenvalue weighted by molar-refractivity contribution is 0.811. The molecule has 0 aliphatic heterocycles. The quantitative estimate of drug-likeness (QED) is 0.765. The smallest absolute Gasteiger partial charge is 0.225 e. The van der Waals surface area contributed by atoms with E-state index in [0.717, 1.165) is 38.3 Å². The molecule has 5 nitrogen and oxygen atoms in total. The molecule has 0 saturated carbocycles. The third-order valence-corrected chi connectivity index (χ3v) is 5.72. The second-order valence-corrected chi connectivity index (χ2v) is 6.71. The van der Waals surface area contributed by atoms with E-state index < -0.39 is 0 Å². The molecule has 3 aromatic rings. The third kappa shape index (κ3) is 2.34. The Balaban J connectivity index is 2.33. The van der Waals surface area contributed by atoms with Crippen molar-refractivity contribution in [3.8, 4) is 5.82 Å². The zero-order valence-electron chi connectivity index (χ0n) is 12.4. The highest BCUT2D eigenvalue weighted by Gasteiger charge is 2.17. The summed E-state index contributed by atoms with van der Waals surface area (Å²) in [7, 11) is 1.83. The highest BCUT2D eigenvalue weighted by Crippen LogP contribution is 2.31. The summed E-state index contributed by atoms with van der Waals surface area (Å²) >= 11 is 5.28. The maximum absolute atomic E-state index is 4.62. The van der Waals surface area contributed by atoms with Crippen molar-refractivity contribution in [3.05, 3.63) is 26.8 Å². The van der Waals surface area contributed by atoms with E-state index in [1.807, 2.05) is 25.6 Å². The van der Waals surface area contributed by atoms with Gasteiger partial charge in [0.05, 0.1) is 21.2 Å². The zero-order chi connectivity index (χ0) is 15.1. The van der Waals surface area contributed by atoms with Crippen molar-refractivity contribution < 1.29 is 0 Å². The second kappa shape index (κ2) is 5.38. The van der Waals surface area contributed by atoms with Gasteiger partial charge in [0, 0.05) is 11.9 Å². The molecular formula is C14H16BrN5S. The van der Waals surface area contributed by atoms with Gasteiger partial charge in [-0.15, -0.1) is 11.3 Å². The van der Waals surface area contributed by atoms with Gasteiger partial charge in [-0.1, -0.05) is 6.92 Å². The summed E-state index contributed by atoms with van der Waals surface area (Å²) in [6, 6.07) is 2.17. The van der Waals surface area contributed by atoms with Crippen molar-refractivity contribution in [2.45, 2.75) is 27.2 Å². The molecule has 0 spiro atoms. The third-order valence-electron chi connectivity index (χ3n) is 3.40. The number of anilines is 1. The molecule has 0 fully saturated rings. The minimum absolute atomic E-state index is 0.616. The molecule has 0 aliphatic carbocycles. The van der Waals surface area contributed by atoms with Crippen molar-refractivity contribution in [2.24, 2.45) is 0 Å². The van der Waals surface area contributed by atoms with E-state index in [1.54, 1.807) is 11.3 Å². The van der Waals surface area contributed by atoms with Crippen molar-refractivity contribution in [1.29, 1.82) is 0 Å². The predicted octanol–water partition coefficient (Wildman–Crippen LogP) is 3.86. The van der Waals surface area contributed by atoms with E-state index in [4.69, 9.17) is 0 Å². The molecule has 0 saturated heterocycles. The first-order valence-electron chi connectivity index (χ1n) is 6.75. The van der Waals surface area contributed by atoms with Crippen LogP contribution in [0.25, 0.3) is 16.0 Å². The van der Waals surface area contributed by atoms with Gasteiger partial charge in [-0.05, 0) is 42.3 Å². The van der Waals surface area contributed by atoms with Gasteiger partial charge in [0.15, 0.2) is 5.82 Å². The molecule has 110 valence electrons. The summed E-state index contributed by atoms with van der Waals surface area (Å²) in [5, 5.41) is 8.68. The SMILES string of the molecule is CCc1cc2c(-n3nc(C)c(Br)c3C)nc(NC)nc2s1. The van der Waals surface area contributed by atoms with Gasteiger partial charge < -0.3 is 5.32 Å². The Kier molecular flexibility index (Phi) is 3.71. The van der Waals surface area contributed by atoms with Crippen molar-refractivity contribution in [1.82, 2.24) is 19.7 Å². The lowest BCUT2D eigenvalue weighted by Crippen LogP contribution is -2.06. The molecule has 0 radical (unpaired) electrons. The topological polar surface area (TPSA) is 55.6 Å². The lowest BCUT2D eigenvalue weighted by Gasteiger charge is -2.07. The van der Waals surface area contributed by atoms with Crippen LogP contribution in [0.3, 0.4) is 0 Å². The van der Waals surface area contributed by atoms with E-state index >= 15 is 0 Å². The molecule has 0 aromatic carbocycles. The number of aromatic nitrogens is 4. The molecule has 7 heteroatoms. The fraction of sp³-hybridized carbons (Fsp3) is 0.357. The van der Waals surface area contributed by atoms with Crippen molar-refractivity contribution >= 4 is 43.4 Å². The maximum atomic E-state index is 4.62. The van der Waals surface area contributed by atoms with Crippen LogP contribution in [-0.4, -0.2) is 26.8 Å². The van der Waals surface area contributed by atoms with Crippen LogP contribution in [0.1, 0.15) is 23.2 Å². The Morgan fingerprint density at radius 1 is 1.33 bits per heavy atom. The van der Waals surface area contributed by atoms with Crippen LogP contribution < -0.4 is 5.32 Å². The van der Waals surface area contributed by atoms with Crippen LogP contribution in [-0.2, 0) is 6.42 Å². The number of fused-ring (bicyclic) bond motifs is 1. The molecule has 1 N–H and O–H groups in total. The number of aryl methyl sites for hydroxylation is 2. The first-order valence-corrected chi connectivity index (χ1v) is 8.36. The normalized spacial score (nSPS) is 11.3. The van der Waals surface area contributed by atoms with Gasteiger partial charge >= 0.3 is 0 Å². The van der Waals surface area contributed by atoms with E-state index in [2.05, 4.69) is 49.3 Å². The lowest BCUT2D eigenvalue weighted by atomic mass is 10.3. The first-order chi connectivity index (χ1) is 10.0. The van der Waals surface area contributed by atoms with Crippen LogP contribution >= 0.6 is 27.3 Å². The van der Waals surface area contributed by atoms with Gasteiger partial charge in [0.25, 0.3) is 0 Å². The van der Waals surface area contributed by atoms with Gasteiger partial charge in [0.2, 0.25) is 5.95 Å². The average Bonchev–Trinajstić information content (AvgIpc) is 3.02. The molecule has 3 heterocycles. The number of thiophene rings is 1. The molecule has 3 aromatic heterocycles. The summed E-state index contributed by atoms with van der Waals surface area (Å²) in [6.45, 7) is 6.16. The summed E-state index contributed by atoms with van der Waals surface area (Å²) in [4.78, 5) is 11.5. The summed E-state index contributed by atoms with van der Waals surface area (Å²) in [5.74, 6) is 1.44. The number of nitrogens with zero attached hydrogens (tertiary/aromatic N) is 4. The number of nitrogens with one attached hydrogen (secondary N) is 1. The predicted molar refractivity (Wildman–Crippen MR) is 90.6 cm³/mol. The summed E-state index contributed by atoms with van der Waals surface area (Å²) in [6.07, 6.45) is 0.996. The van der Waals surface area contributed by atoms with E-state index in [1.165, 1.54) is 4.88 Å². The van der Waals surface area contributed by atoms with Crippen LogP contribution in [0, 0.1) is 13.8 Å². The number of halogens is 1. The zero-order valence-corrected chi connectivity index (χ0v) is 14.8. The summed E-state index contributed by atoms with van der Waals surface area (Å²) in [5.41, 5.74) is 2.00. The molecule has 21 heavy (non-hydrogen) atoms. The fourth-order valence-electron chi connectivity index (χ4n) is 2.23. The van der Waals surface area contributed by atoms with Gasteiger partial charge in [-0.25, -0.2) is 9.67 Å². The molecule has 0 atom stereocenters. The highest BCUT2D eigenvalue weighted by molar-refractivity contribution is 9.10. The van der Waals surface area contributed by atoms with Gasteiger partial charge in [-0.2, -0.15) is 10.1 Å². The van der Waals surface area contributed by atoms with Crippen LogP contribution in [0.5, 0.6) is 0 Å². The minimum atomic E-state index is 0.616. The Bertz CT molecular complexity index is 820. The maximum Gasteiger partial charge on any atom is 0.225 e. The standard InChI is InChI=1S/C14H16BrN5S/c1-5-9-6-10-12(17-14(16-4)18-13(10)21-9)20-8(3)11(15)7(2)19-20/h6H,5H2,1-4H3,(H,16,17,18). The number of hydrogen-bond acceptors (Lipinski definition) is 5. The Labute approximate surface area is 135 Å². The summed E-state index contributed by atoms with van der Waals surface area (Å²) < 4.78 is 2.90. The van der Waals surface area contributed by atoms with Crippen LogP contribution in [0.4, 0.5) is 5.95 Å². The van der Waals surface area contributed by atoms with E-state index in [-0.39, 0.29) is 0 Å². The molecule has 3 rings (SSSR count). The number of rotatable bonds is 3. The Morgan fingerprint density at radius 2 is 2.10 bits per heavy atom. The van der Waals surface area contributed by atoms with Crippen LogP contribution in [0.15, 0.2) is 10.5 Å². The largest absolute Gasteiger partial charge is 0.357 e. The Morgan fingerprint density at radius 3 is 2.67 bits per heavy atom. The molecule has 0 bridgehead atoms. The van der Waals surface area contributed by atoms with Crippen LogP contribution in [0.2, 0.25) is 0 Å². The highest BCUT2D eigenvalue weighted by atomic mass is 79.9. The van der Waals surface area contributed by atoms with E-state index in [9.17, 15) is 0 Å². The van der Waals surface area contributed by atoms with E-state index in [0.29, 0.717) is 5.95 Å². The molecule has 0 unspecified atom stereocenters. The monoisotopic (exact) mass is 365 g/mol. The molecule has 0 amide bonds. The number of hydrogen-bond donors (Lipinski definition) is 1.